The van der Waals surface area contributed by atoms with Gasteiger partial charge in [-0.3, -0.25) is 0 Å². The molecule has 5 heteroatoms. The van der Waals surface area contributed by atoms with Crippen molar-refractivity contribution in [3.8, 4) is 0 Å². The number of pyridine rings is 1. The van der Waals surface area contributed by atoms with Gasteiger partial charge in [-0.1, -0.05) is 0 Å². The van der Waals surface area contributed by atoms with E-state index in [1.165, 1.54) is 5.32 Å². The van der Waals surface area contributed by atoms with Crippen LogP contribution in [-0.4, -0.2) is 45.4 Å². The van der Waals surface area contributed by atoms with E-state index in [0.717, 1.165) is 0 Å². The SMILES string of the molecule is C[Si](C)(C)[C]([Ga]([CH]1C=CC=C1)[CH]1C=CC=C1)([Si](C)(C)C)[Si](C)(C)c1ccccn1. The molecule has 0 bridgehead atoms. The van der Waals surface area contributed by atoms with E-state index in [0.29, 0.717) is 11.8 Å². The van der Waals surface area contributed by atoms with Crippen molar-refractivity contribution in [2.45, 2.75) is 64.2 Å². The molecule has 0 unspecified atom stereocenters. The molecule has 1 nitrogen and oxygen atoms in total. The molecule has 3 rings (SSSR count). The maximum atomic E-state index is 5.04. The molecule has 0 N–H and O–H groups in total. The van der Waals surface area contributed by atoms with Gasteiger partial charge in [-0.05, 0) is 0 Å². The molecule has 2 aliphatic rings. The van der Waals surface area contributed by atoms with Crippen LogP contribution < -0.4 is 5.32 Å². The monoisotopic (exact) mass is 493 g/mol. The van der Waals surface area contributed by atoms with Gasteiger partial charge in [0.25, 0.3) is 0 Å². The molecule has 154 valence electrons. The average molecular weight is 495 g/mol. The van der Waals surface area contributed by atoms with Gasteiger partial charge < -0.3 is 0 Å². The van der Waals surface area contributed by atoms with Crippen molar-refractivity contribution in [1.82, 2.24) is 4.98 Å². The Kier molecular flexibility index (Phi) is 6.48. The van der Waals surface area contributed by atoms with E-state index in [1.807, 2.05) is 6.20 Å². The second-order valence-corrected chi connectivity index (χ2v) is 38.9. The first-order valence-electron chi connectivity index (χ1n) is 11.1. The normalized spacial score (nSPS) is 18.2. The molecule has 0 amide bonds. The second kappa shape index (κ2) is 8.15. The molecule has 2 aliphatic carbocycles. The van der Waals surface area contributed by atoms with Gasteiger partial charge in [-0.15, -0.1) is 0 Å². The van der Waals surface area contributed by atoms with E-state index in [1.54, 1.807) is 0 Å². The third-order valence-corrected chi connectivity index (χ3v) is 56.7. The number of hydrogen-bond acceptors (Lipinski definition) is 1. The summed E-state index contributed by atoms with van der Waals surface area (Å²) in [6, 6.07) is 6.67. The number of rotatable bonds is 7. The van der Waals surface area contributed by atoms with Crippen molar-refractivity contribution >= 4 is 45.8 Å². The topological polar surface area (TPSA) is 12.9 Å². The fourth-order valence-corrected chi connectivity index (χ4v) is 67.8. The van der Waals surface area contributed by atoms with Gasteiger partial charge in [0.15, 0.2) is 0 Å². The van der Waals surface area contributed by atoms with Gasteiger partial charge >= 0.3 is 188 Å². The number of allylic oxidation sites excluding steroid dienone is 8. The molecule has 0 radical (unpaired) electrons. The number of aromatic nitrogens is 1. The van der Waals surface area contributed by atoms with E-state index in [9.17, 15) is 0 Å². The summed E-state index contributed by atoms with van der Waals surface area (Å²) in [5.41, 5.74) is 0. The fraction of sp³-hybridized carbons (Fsp3) is 0.458. The molecule has 1 aromatic heterocycles. The van der Waals surface area contributed by atoms with Gasteiger partial charge in [0, 0.05) is 0 Å². The molecule has 0 atom stereocenters. The predicted molar refractivity (Wildman–Crippen MR) is 141 cm³/mol. The molecule has 0 fully saturated rings. The van der Waals surface area contributed by atoms with Crippen molar-refractivity contribution in [2.75, 3.05) is 0 Å². The van der Waals surface area contributed by atoms with E-state index in [2.05, 4.69) is 119 Å². The van der Waals surface area contributed by atoms with Crippen LogP contribution in [0.3, 0.4) is 0 Å². The summed E-state index contributed by atoms with van der Waals surface area (Å²) in [6.45, 7) is 21.6. The Morgan fingerprint density at radius 3 is 1.52 bits per heavy atom. The quantitative estimate of drug-likeness (QED) is 0.394. The van der Waals surface area contributed by atoms with Crippen molar-refractivity contribution in [3.63, 3.8) is 0 Å². The van der Waals surface area contributed by atoms with Crippen LogP contribution in [0, 0.1) is 0 Å². The van der Waals surface area contributed by atoms with Crippen molar-refractivity contribution in [1.29, 1.82) is 0 Å². The third-order valence-electron chi connectivity index (χ3n) is 7.54. The summed E-state index contributed by atoms with van der Waals surface area (Å²) in [5, 5.41) is 1.44. The molecule has 0 spiro atoms. The van der Waals surface area contributed by atoms with Gasteiger partial charge in [0.05, 0.1) is 0 Å². The third kappa shape index (κ3) is 3.78. The van der Waals surface area contributed by atoms with Crippen LogP contribution in [0.5, 0.6) is 0 Å². The summed E-state index contributed by atoms with van der Waals surface area (Å²) in [7, 11) is -4.98. The van der Waals surface area contributed by atoms with Crippen molar-refractivity contribution in [2.24, 2.45) is 0 Å². The Labute approximate surface area is 187 Å². The first-order chi connectivity index (χ1) is 13.4. The van der Waals surface area contributed by atoms with E-state index >= 15 is 0 Å². The molecule has 0 saturated heterocycles. The molecular formula is C24H38GaNSi3. The molecule has 0 aromatic carbocycles. The Bertz CT molecular complexity index is 775. The van der Waals surface area contributed by atoms with Crippen molar-refractivity contribution in [3.05, 3.63) is 73.0 Å². The molecule has 0 aliphatic heterocycles. The Morgan fingerprint density at radius 2 is 1.17 bits per heavy atom. The molecule has 1 aromatic rings. The summed E-state index contributed by atoms with van der Waals surface area (Å²) in [5.74, 6) is 0. The molecular weight excluding hydrogens is 456 g/mol. The zero-order valence-corrected chi connectivity index (χ0v) is 25.0. The molecule has 0 saturated carbocycles. The predicted octanol–water partition coefficient (Wildman–Crippen LogP) is 6.52. The molecule has 1 heterocycles. The number of hydrogen-bond donors (Lipinski definition) is 0. The van der Waals surface area contributed by atoms with Crippen LogP contribution in [0.25, 0.3) is 0 Å². The van der Waals surface area contributed by atoms with Gasteiger partial charge in [-0.2, -0.15) is 0 Å². The van der Waals surface area contributed by atoms with Crippen LogP contribution in [-0.2, 0) is 0 Å². The van der Waals surface area contributed by atoms with Gasteiger partial charge in [0.1, 0.15) is 0 Å². The summed E-state index contributed by atoms with van der Waals surface area (Å²) in [4.78, 5) is 5.04. The Balaban J connectivity index is 2.37. The van der Waals surface area contributed by atoms with E-state index in [4.69, 9.17) is 4.98 Å². The average Bonchev–Trinajstić information content (AvgIpc) is 3.31. The van der Waals surface area contributed by atoms with Crippen LogP contribution >= 0.6 is 0 Å². The van der Waals surface area contributed by atoms with Crippen molar-refractivity contribution < 1.29 is 0 Å². The van der Waals surface area contributed by atoms with Crippen LogP contribution in [0.1, 0.15) is 0 Å². The minimum atomic E-state index is -2.02. The fourth-order valence-electron chi connectivity index (χ4n) is 7.56. The Morgan fingerprint density at radius 1 is 0.724 bits per heavy atom. The maximum absolute atomic E-state index is 5.04. The summed E-state index contributed by atoms with van der Waals surface area (Å²) >= 11 is -2.02. The Hall–Kier alpha value is -0.603. The van der Waals surface area contributed by atoms with Crippen LogP contribution in [0.4, 0.5) is 0 Å². The minimum absolute atomic E-state index is 0.557. The summed E-state index contributed by atoms with van der Waals surface area (Å²) in [6.07, 6.45) is 21.5. The van der Waals surface area contributed by atoms with Crippen LogP contribution in [0.15, 0.2) is 73.0 Å². The number of nitrogens with zero attached hydrogens (tertiary/aromatic N) is 1. The zero-order chi connectivity index (χ0) is 21.5. The standard InChI is InChI=1S/C14H28NSi3.2C5H5.Ga/c1-16(2,3)14(17(4,5)6)18(7,8)13-11-9-10-12-15-13;2*1-2-4-5-3-1;/h9-12H,1-8H3;2*1-5H;. The molecule has 29 heavy (non-hydrogen) atoms. The van der Waals surface area contributed by atoms with Crippen LogP contribution in [0.2, 0.25) is 64.2 Å². The van der Waals surface area contributed by atoms with Gasteiger partial charge in [-0.25, -0.2) is 0 Å². The van der Waals surface area contributed by atoms with Gasteiger partial charge in [0.2, 0.25) is 0 Å². The summed E-state index contributed by atoms with van der Waals surface area (Å²) < 4.78 is 1.96. The zero-order valence-electron chi connectivity index (χ0n) is 19.6. The van der Waals surface area contributed by atoms with E-state index in [-0.39, 0.29) is 0 Å². The first-order valence-corrected chi connectivity index (χ1v) is 25.1. The second-order valence-electron chi connectivity index (χ2n) is 11.4. The van der Waals surface area contributed by atoms with E-state index < -0.39 is 40.4 Å². The first kappa shape index (κ1) is 23.1.